The molecule has 1 fully saturated rings. The minimum absolute atomic E-state index is 0.0566. The molecule has 0 bridgehead atoms. The highest BCUT2D eigenvalue weighted by Crippen LogP contribution is 2.23. The van der Waals surface area contributed by atoms with Crippen LogP contribution in [0.4, 0.5) is 28.6 Å². The summed E-state index contributed by atoms with van der Waals surface area (Å²) in [7, 11) is 0. The second-order valence-electron chi connectivity index (χ2n) is 6.95. The van der Waals surface area contributed by atoms with Crippen molar-refractivity contribution in [1.82, 2.24) is 10.2 Å². The molecule has 2 N–H and O–H groups in total. The number of aromatic nitrogens is 2. The van der Waals surface area contributed by atoms with E-state index in [2.05, 4.69) is 25.7 Å². The highest BCUT2D eigenvalue weighted by Gasteiger charge is 2.13. The third-order valence-corrected chi connectivity index (χ3v) is 4.87. The van der Waals surface area contributed by atoms with Gasteiger partial charge in [-0.3, -0.25) is 14.9 Å². The number of anilines is 4. The van der Waals surface area contributed by atoms with Gasteiger partial charge in [0.05, 0.1) is 16.8 Å². The summed E-state index contributed by atoms with van der Waals surface area (Å²) in [6, 6.07) is 14.6. The minimum Gasteiger partial charge on any atom is -0.370 e. The number of hydrogen-bond acceptors (Lipinski definition) is 7. The normalized spacial score (nSPS) is 13.1. The van der Waals surface area contributed by atoms with E-state index in [1.165, 1.54) is 37.1 Å². The minimum atomic E-state index is -0.501. The van der Waals surface area contributed by atoms with Gasteiger partial charge in [0.2, 0.25) is 0 Å². The molecule has 2 aromatic carbocycles. The summed E-state index contributed by atoms with van der Waals surface area (Å²) in [5.74, 6) is 0.317. The number of non-ortho nitro benzene ring substituents is 1. The zero-order valence-corrected chi connectivity index (χ0v) is 16.1. The van der Waals surface area contributed by atoms with E-state index in [1.807, 2.05) is 18.2 Å². The number of hydrogen-bond donors (Lipinski definition) is 2. The van der Waals surface area contributed by atoms with E-state index in [-0.39, 0.29) is 11.6 Å². The van der Waals surface area contributed by atoms with Crippen LogP contribution in [0, 0.1) is 10.1 Å². The molecule has 1 amide bonds. The number of benzene rings is 2. The van der Waals surface area contributed by atoms with E-state index in [0.717, 1.165) is 24.5 Å². The third kappa shape index (κ3) is 4.52. The first-order valence-corrected chi connectivity index (χ1v) is 9.59. The first-order chi connectivity index (χ1) is 14.6. The van der Waals surface area contributed by atoms with Crippen LogP contribution >= 0.6 is 0 Å². The van der Waals surface area contributed by atoms with Gasteiger partial charge in [-0.15, -0.1) is 5.10 Å². The van der Waals surface area contributed by atoms with Crippen molar-refractivity contribution < 1.29 is 9.72 Å². The summed E-state index contributed by atoms with van der Waals surface area (Å²) < 4.78 is 0. The van der Waals surface area contributed by atoms with Gasteiger partial charge in [-0.1, -0.05) is 0 Å². The van der Waals surface area contributed by atoms with Crippen LogP contribution in [0.25, 0.3) is 0 Å². The molecule has 9 heteroatoms. The van der Waals surface area contributed by atoms with Gasteiger partial charge in [-0.05, 0) is 49.2 Å². The van der Waals surface area contributed by atoms with Crippen LogP contribution in [0.3, 0.4) is 0 Å². The first-order valence-electron chi connectivity index (χ1n) is 9.59. The molecule has 1 saturated heterocycles. The second-order valence-corrected chi connectivity index (χ2v) is 6.95. The fourth-order valence-electron chi connectivity index (χ4n) is 3.29. The van der Waals surface area contributed by atoms with Gasteiger partial charge in [0.25, 0.3) is 11.6 Å². The van der Waals surface area contributed by atoms with E-state index in [4.69, 9.17) is 0 Å². The predicted molar refractivity (Wildman–Crippen MR) is 114 cm³/mol. The summed E-state index contributed by atoms with van der Waals surface area (Å²) >= 11 is 0. The van der Waals surface area contributed by atoms with Gasteiger partial charge in [0, 0.05) is 48.2 Å². The molecule has 152 valence electrons. The lowest BCUT2D eigenvalue weighted by molar-refractivity contribution is -0.384. The maximum absolute atomic E-state index is 12.3. The number of rotatable bonds is 6. The Morgan fingerprint density at radius 2 is 1.67 bits per heavy atom. The quantitative estimate of drug-likeness (QED) is 0.472. The van der Waals surface area contributed by atoms with Gasteiger partial charge in [-0.2, -0.15) is 5.10 Å². The van der Waals surface area contributed by atoms with Crippen molar-refractivity contribution >= 4 is 34.5 Å². The van der Waals surface area contributed by atoms with Crippen LogP contribution in [0.2, 0.25) is 0 Å². The molecule has 0 saturated carbocycles. The zero-order valence-electron chi connectivity index (χ0n) is 16.1. The lowest BCUT2D eigenvalue weighted by Gasteiger charge is -2.17. The van der Waals surface area contributed by atoms with Crippen molar-refractivity contribution in [2.75, 3.05) is 28.6 Å². The smallest absolute Gasteiger partial charge is 0.269 e. The predicted octanol–water partition coefficient (Wildman–Crippen LogP) is 3.98. The van der Waals surface area contributed by atoms with Crippen molar-refractivity contribution in [3.8, 4) is 0 Å². The monoisotopic (exact) mass is 404 g/mol. The molecule has 30 heavy (non-hydrogen) atoms. The van der Waals surface area contributed by atoms with Gasteiger partial charge < -0.3 is 15.5 Å². The lowest BCUT2D eigenvalue weighted by atomic mass is 10.2. The molecule has 0 unspecified atom stereocenters. The Bertz CT molecular complexity index is 1050. The van der Waals surface area contributed by atoms with E-state index < -0.39 is 4.92 Å². The Balaban J connectivity index is 1.38. The fourth-order valence-corrected chi connectivity index (χ4v) is 3.29. The van der Waals surface area contributed by atoms with Gasteiger partial charge in [0.1, 0.15) is 0 Å². The van der Waals surface area contributed by atoms with Gasteiger partial charge >= 0.3 is 0 Å². The number of nitrogens with one attached hydrogen (secondary N) is 2. The second kappa shape index (κ2) is 8.56. The van der Waals surface area contributed by atoms with Crippen molar-refractivity contribution in [3.63, 3.8) is 0 Å². The molecule has 1 aliphatic heterocycles. The maximum Gasteiger partial charge on any atom is 0.269 e. The van der Waals surface area contributed by atoms with Gasteiger partial charge in [0.15, 0.2) is 5.82 Å². The fraction of sp³-hybridized carbons (Fsp3) is 0.190. The maximum atomic E-state index is 12.3. The molecule has 0 spiro atoms. The number of nitro groups is 1. The molecule has 2 heterocycles. The molecule has 0 atom stereocenters. The Morgan fingerprint density at radius 3 is 2.33 bits per heavy atom. The summed E-state index contributed by atoms with van der Waals surface area (Å²) in [6.45, 7) is 2.07. The van der Waals surface area contributed by atoms with E-state index >= 15 is 0 Å². The number of nitrogens with zero attached hydrogens (tertiary/aromatic N) is 4. The molecule has 0 radical (unpaired) electrons. The van der Waals surface area contributed by atoms with Gasteiger partial charge in [-0.25, -0.2) is 0 Å². The van der Waals surface area contributed by atoms with Crippen LogP contribution in [0.5, 0.6) is 0 Å². The Labute approximate surface area is 172 Å². The Morgan fingerprint density at radius 1 is 1.00 bits per heavy atom. The molecule has 0 aliphatic carbocycles. The van der Waals surface area contributed by atoms with Crippen LogP contribution in [-0.2, 0) is 0 Å². The number of carbonyl (C=O) groups excluding carboxylic acids is 1. The highest BCUT2D eigenvalue weighted by molar-refractivity contribution is 6.04. The topological polar surface area (TPSA) is 113 Å². The molecule has 1 aromatic heterocycles. The molecular formula is C21H20N6O3. The SMILES string of the molecule is O=C(Nc1ccc(Nc2cc(N3CCCC3)cnn2)cc1)c1ccc([N+](=O)[O-])cc1. The van der Waals surface area contributed by atoms with Crippen molar-refractivity contribution in [1.29, 1.82) is 0 Å². The molecule has 1 aliphatic rings. The van der Waals surface area contributed by atoms with E-state index in [1.54, 1.807) is 18.3 Å². The largest absolute Gasteiger partial charge is 0.370 e. The third-order valence-electron chi connectivity index (χ3n) is 4.87. The molecule has 9 nitrogen and oxygen atoms in total. The van der Waals surface area contributed by atoms with E-state index in [0.29, 0.717) is 17.1 Å². The van der Waals surface area contributed by atoms with Crippen LogP contribution in [0.1, 0.15) is 23.2 Å². The summed E-state index contributed by atoms with van der Waals surface area (Å²) in [4.78, 5) is 24.8. The van der Waals surface area contributed by atoms with Crippen molar-refractivity contribution in [3.05, 3.63) is 76.5 Å². The van der Waals surface area contributed by atoms with Crippen molar-refractivity contribution in [2.24, 2.45) is 0 Å². The summed E-state index contributed by atoms with van der Waals surface area (Å²) in [5, 5.41) is 24.9. The number of nitro benzene ring substituents is 1. The van der Waals surface area contributed by atoms with Crippen molar-refractivity contribution in [2.45, 2.75) is 12.8 Å². The Kier molecular flexibility index (Phi) is 5.51. The molecule has 3 aromatic rings. The molecule has 4 rings (SSSR count). The number of carbonyl (C=O) groups is 1. The van der Waals surface area contributed by atoms with Crippen LogP contribution < -0.4 is 15.5 Å². The van der Waals surface area contributed by atoms with Crippen LogP contribution in [-0.4, -0.2) is 34.1 Å². The van der Waals surface area contributed by atoms with Crippen LogP contribution in [0.15, 0.2) is 60.8 Å². The standard InChI is InChI=1S/C21H20N6O3/c28-21(15-3-9-18(10-4-15)27(29)30)24-17-7-5-16(6-8-17)23-20-13-19(14-22-25-20)26-11-1-2-12-26/h3-10,13-14H,1-2,11-12H2,(H,23,25)(H,24,28). The molecular weight excluding hydrogens is 384 g/mol. The number of amides is 1. The summed E-state index contributed by atoms with van der Waals surface area (Å²) in [5.41, 5.74) is 2.77. The average Bonchev–Trinajstić information content (AvgIpc) is 3.30. The zero-order chi connectivity index (χ0) is 20.9. The highest BCUT2D eigenvalue weighted by atomic mass is 16.6. The Hall–Kier alpha value is -4.01. The average molecular weight is 404 g/mol. The van der Waals surface area contributed by atoms with E-state index in [9.17, 15) is 14.9 Å². The summed E-state index contributed by atoms with van der Waals surface area (Å²) in [6.07, 6.45) is 4.16. The lowest BCUT2D eigenvalue weighted by Crippen LogP contribution is -2.18. The first kappa shape index (κ1) is 19.3.